The molecule has 1 aromatic heterocycles. The predicted molar refractivity (Wildman–Crippen MR) is 133 cm³/mol. The molecule has 5 atom stereocenters. The van der Waals surface area contributed by atoms with Crippen molar-refractivity contribution in [1.82, 2.24) is 19.1 Å². The van der Waals surface area contributed by atoms with Gasteiger partial charge in [-0.25, -0.2) is 9.46 Å². The highest BCUT2D eigenvalue weighted by Gasteiger charge is 2.50. The summed E-state index contributed by atoms with van der Waals surface area (Å²) in [4.78, 5) is 28.8. The molecule has 3 rings (SSSR count). The van der Waals surface area contributed by atoms with Crippen LogP contribution >= 0.6 is 8.53 Å². The van der Waals surface area contributed by atoms with Gasteiger partial charge in [0.15, 0.2) is 6.23 Å². The molecule has 0 aliphatic carbocycles. The lowest BCUT2D eigenvalue weighted by Gasteiger charge is -2.38. The summed E-state index contributed by atoms with van der Waals surface area (Å²) in [6.07, 6.45) is -0.818. The Labute approximate surface area is 213 Å². The monoisotopic (exact) mass is 527 g/mol. The second-order valence-corrected chi connectivity index (χ2v) is 10.7. The van der Waals surface area contributed by atoms with E-state index in [1.807, 2.05) is 0 Å². The molecule has 0 bridgehead atoms. The van der Waals surface area contributed by atoms with Crippen LogP contribution in [0.25, 0.3) is 0 Å². The summed E-state index contributed by atoms with van der Waals surface area (Å²) in [5.41, 5.74) is -1.07. The van der Waals surface area contributed by atoms with Gasteiger partial charge in [0.05, 0.1) is 32.3 Å². The van der Waals surface area contributed by atoms with E-state index < -0.39 is 44.3 Å². The third-order valence-corrected chi connectivity index (χ3v) is 8.23. The van der Waals surface area contributed by atoms with Gasteiger partial charge in [0.25, 0.3) is 14.1 Å². The van der Waals surface area contributed by atoms with Gasteiger partial charge in [-0.15, -0.1) is 0 Å². The SMILES string of the molecule is COC1C(OP(OCCC#N)N(C(C)C)C(C)C)C(CN2CCOCC2)OC1n1ccc(=O)[nH]c1=O. The molecule has 2 aliphatic rings. The molecular weight excluding hydrogens is 489 g/mol. The highest BCUT2D eigenvalue weighted by Crippen LogP contribution is 2.50. The Kier molecular flexibility index (Phi) is 11.0. The average Bonchev–Trinajstić information content (AvgIpc) is 3.15. The van der Waals surface area contributed by atoms with Crippen LogP contribution in [0, 0.1) is 11.3 Å². The largest absolute Gasteiger partial charge is 0.379 e. The fourth-order valence-corrected chi connectivity index (χ4v) is 6.29. The molecule has 0 aromatic carbocycles. The highest BCUT2D eigenvalue weighted by atomic mass is 31.2. The number of hydrogen-bond donors (Lipinski definition) is 1. The Morgan fingerprint density at radius 2 is 1.92 bits per heavy atom. The van der Waals surface area contributed by atoms with Crippen molar-refractivity contribution in [2.75, 3.05) is 46.6 Å². The zero-order valence-electron chi connectivity index (χ0n) is 21.7. The molecule has 36 heavy (non-hydrogen) atoms. The van der Waals surface area contributed by atoms with Gasteiger partial charge in [-0.3, -0.25) is 19.2 Å². The maximum Gasteiger partial charge on any atom is 0.330 e. The zero-order chi connectivity index (χ0) is 26.2. The fraction of sp³-hybridized carbons (Fsp3) is 0.783. The number of rotatable bonds is 12. The number of methoxy groups -OCH3 is 1. The number of aromatic amines is 1. The molecule has 5 unspecified atom stereocenters. The standard InChI is InChI=1S/C23H38N5O7P/c1-16(2)28(17(3)4)36(33-12-6-8-24)35-20-18(15-26-10-13-32-14-11-26)34-22(21(20)31-5)27-9-7-19(29)25-23(27)30/h7,9,16-18,20-22H,6,10-15H2,1-5H3,(H,25,29,30). The van der Waals surface area contributed by atoms with E-state index in [2.05, 4.69) is 48.3 Å². The summed E-state index contributed by atoms with van der Waals surface area (Å²) in [6.45, 7) is 11.8. The second-order valence-electron chi connectivity index (χ2n) is 9.31. The second kappa shape index (κ2) is 13.7. The van der Waals surface area contributed by atoms with Crippen molar-refractivity contribution in [3.8, 4) is 6.07 Å². The number of nitriles is 1. The summed E-state index contributed by atoms with van der Waals surface area (Å²) in [7, 11) is -0.0264. The molecule has 0 saturated carbocycles. The Morgan fingerprint density at radius 1 is 1.22 bits per heavy atom. The van der Waals surface area contributed by atoms with E-state index in [0.29, 0.717) is 19.8 Å². The van der Waals surface area contributed by atoms with Crippen LogP contribution in [0.5, 0.6) is 0 Å². The molecule has 13 heteroatoms. The third kappa shape index (κ3) is 7.21. The summed E-state index contributed by atoms with van der Waals surface area (Å²) >= 11 is 0. The fourth-order valence-electron chi connectivity index (χ4n) is 4.52. The first kappa shape index (κ1) is 28.9. The molecule has 3 heterocycles. The van der Waals surface area contributed by atoms with E-state index in [1.165, 1.54) is 16.8 Å². The lowest BCUT2D eigenvalue weighted by atomic mass is 10.1. The van der Waals surface area contributed by atoms with Crippen LogP contribution in [0.4, 0.5) is 0 Å². The lowest BCUT2D eigenvalue weighted by Crippen LogP contribution is -2.46. The summed E-state index contributed by atoms with van der Waals surface area (Å²) < 4.78 is 34.0. The van der Waals surface area contributed by atoms with Crippen molar-refractivity contribution < 1.29 is 23.3 Å². The molecule has 2 saturated heterocycles. The number of hydrogen-bond acceptors (Lipinski definition) is 10. The van der Waals surface area contributed by atoms with E-state index in [4.69, 9.17) is 28.5 Å². The van der Waals surface area contributed by atoms with Crippen molar-refractivity contribution >= 4 is 8.53 Å². The van der Waals surface area contributed by atoms with Gasteiger partial charge in [0.1, 0.15) is 18.3 Å². The van der Waals surface area contributed by atoms with Crippen molar-refractivity contribution in [2.24, 2.45) is 0 Å². The maximum atomic E-state index is 12.6. The van der Waals surface area contributed by atoms with Gasteiger partial charge >= 0.3 is 5.69 Å². The van der Waals surface area contributed by atoms with Gasteiger partial charge in [-0.1, -0.05) is 0 Å². The Hall–Kier alpha value is -1.68. The first-order valence-corrected chi connectivity index (χ1v) is 13.4. The summed E-state index contributed by atoms with van der Waals surface area (Å²) in [5, 5.41) is 9.04. The predicted octanol–water partition coefficient (Wildman–Crippen LogP) is 1.44. The van der Waals surface area contributed by atoms with Crippen LogP contribution in [0.2, 0.25) is 0 Å². The quantitative estimate of drug-likeness (QED) is 0.315. The van der Waals surface area contributed by atoms with Crippen molar-refractivity contribution in [3.63, 3.8) is 0 Å². The number of H-pyrrole nitrogens is 1. The number of aromatic nitrogens is 2. The van der Waals surface area contributed by atoms with Gasteiger partial charge in [0, 0.05) is 51.1 Å². The minimum Gasteiger partial charge on any atom is -0.379 e. The van der Waals surface area contributed by atoms with Gasteiger partial charge in [0.2, 0.25) is 0 Å². The van der Waals surface area contributed by atoms with Crippen LogP contribution in [-0.4, -0.2) is 96.1 Å². The average molecular weight is 528 g/mol. The van der Waals surface area contributed by atoms with E-state index in [-0.39, 0.29) is 25.1 Å². The smallest absolute Gasteiger partial charge is 0.330 e. The molecule has 2 aliphatic heterocycles. The van der Waals surface area contributed by atoms with Crippen LogP contribution in [-0.2, 0) is 23.3 Å². The Bertz CT molecular complexity index is 967. The lowest BCUT2D eigenvalue weighted by molar-refractivity contribution is -0.0641. The normalized spacial score (nSPS) is 26.1. The summed E-state index contributed by atoms with van der Waals surface area (Å²) in [6, 6.07) is 3.63. The topological polar surface area (TPSA) is 131 Å². The van der Waals surface area contributed by atoms with Gasteiger partial charge < -0.3 is 23.3 Å². The van der Waals surface area contributed by atoms with E-state index >= 15 is 0 Å². The number of nitrogens with zero attached hydrogens (tertiary/aromatic N) is 4. The minimum atomic E-state index is -1.57. The van der Waals surface area contributed by atoms with Crippen LogP contribution in [0.3, 0.4) is 0 Å². The molecule has 0 amide bonds. The van der Waals surface area contributed by atoms with Crippen LogP contribution < -0.4 is 11.2 Å². The van der Waals surface area contributed by atoms with Crippen molar-refractivity contribution in [1.29, 1.82) is 5.26 Å². The molecule has 1 aromatic rings. The number of nitrogens with one attached hydrogen (secondary N) is 1. The van der Waals surface area contributed by atoms with Gasteiger partial charge in [-0.2, -0.15) is 5.26 Å². The van der Waals surface area contributed by atoms with Crippen molar-refractivity contribution in [2.45, 2.75) is 70.7 Å². The van der Waals surface area contributed by atoms with Crippen LogP contribution in [0.15, 0.2) is 21.9 Å². The van der Waals surface area contributed by atoms with Crippen molar-refractivity contribution in [3.05, 3.63) is 33.1 Å². The molecular formula is C23H38N5O7P. The minimum absolute atomic E-state index is 0.122. The number of morpholine rings is 1. The Morgan fingerprint density at radius 3 is 2.50 bits per heavy atom. The van der Waals surface area contributed by atoms with E-state index in [0.717, 1.165) is 13.1 Å². The summed E-state index contributed by atoms with van der Waals surface area (Å²) in [5.74, 6) is 0. The highest BCUT2D eigenvalue weighted by molar-refractivity contribution is 7.44. The van der Waals surface area contributed by atoms with Gasteiger partial charge in [-0.05, 0) is 27.7 Å². The van der Waals surface area contributed by atoms with E-state index in [9.17, 15) is 9.59 Å². The molecule has 1 N–H and O–H groups in total. The van der Waals surface area contributed by atoms with Crippen LogP contribution in [0.1, 0.15) is 40.3 Å². The third-order valence-electron chi connectivity index (χ3n) is 6.10. The molecule has 0 spiro atoms. The molecule has 12 nitrogen and oxygen atoms in total. The molecule has 2 fully saturated rings. The first-order chi connectivity index (χ1) is 17.3. The zero-order valence-corrected chi connectivity index (χ0v) is 22.6. The number of ether oxygens (including phenoxy) is 3. The Balaban J connectivity index is 1.94. The molecule has 0 radical (unpaired) electrons. The first-order valence-electron chi connectivity index (χ1n) is 12.3. The molecule has 202 valence electrons. The maximum absolute atomic E-state index is 12.6. The van der Waals surface area contributed by atoms with E-state index in [1.54, 1.807) is 7.11 Å².